The molecule has 1 fully saturated rings. The van der Waals surface area contributed by atoms with Crippen molar-refractivity contribution in [1.29, 1.82) is 0 Å². The molecule has 10 heteroatoms. The molecule has 0 unspecified atom stereocenters. The van der Waals surface area contributed by atoms with Crippen LogP contribution in [0, 0.1) is 10.1 Å². The fourth-order valence-electron chi connectivity index (χ4n) is 3.32. The Kier molecular flexibility index (Phi) is 5.29. The van der Waals surface area contributed by atoms with Gasteiger partial charge in [-0.3, -0.25) is 15.0 Å². The second-order valence-electron chi connectivity index (χ2n) is 6.51. The number of hydrogen-bond acceptors (Lipinski definition) is 8. The van der Waals surface area contributed by atoms with Gasteiger partial charge in [-0.15, -0.1) is 21.5 Å². The van der Waals surface area contributed by atoms with Gasteiger partial charge in [-0.1, -0.05) is 17.7 Å². The highest BCUT2D eigenvalue weighted by atomic mass is 35.5. The average molecular weight is 420 g/mol. The van der Waals surface area contributed by atoms with Crippen LogP contribution in [0.25, 0.3) is 10.8 Å². The molecule has 0 spiro atoms. The number of aromatic nitrogens is 2. The first-order valence-corrected chi connectivity index (χ1v) is 10.1. The lowest BCUT2D eigenvalue weighted by molar-refractivity contribution is -0.384. The summed E-state index contributed by atoms with van der Waals surface area (Å²) in [7, 11) is 0. The molecule has 0 amide bonds. The third-order valence-corrected chi connectivity index (χ3v) is 5.96. The summed E-state index contributed by atoms with van der Waals surface area (Å²) in [6.45, 7) is 4.83. The number of rotatable bonds is 5. The van der Waals surface area contributed by atoms with Crippen molar-refractivity contribution in [2.75, 3.05) is 31.1 Å². The Balaban J connectivity index is 1.44. The van der Waals surface area contributed by atoms with E-state index in [4.69, 9.17) is 16.0 Å². The third-order valence-electron chi connectivity index (χ3n) is 4.87. The van der Waals surface area contributed by atoms with Gasteiger partial charge < -0.3 is 9.32 Å². The topological polar surface area (TPSA) is 88.5 Å². The first kappa shape index (κ1) is 18.9. The molecule has 28 heavy (non-hydrogen) atoms. The largest absolute Gasteiger partial charge is 0.418 e. The van der Waals surface area contributed by atoms with E-state index in [-0.39, 0.29) is 16.7 Å². The summed E-state index contributed by atoms with van der Waals surface area (Å²) >= 11 is 7.48. The first-order chi connectivity index (χ1) is 13.5. The Labute approximate surface area is 170 Å². The quantitative estimate of drug-likeness (QED) is 0.451. The summed E-state index contributed by atoms with van der Waals surface area (Å²) in [5.41, 5.74) is 0.631. The Bertz CT molecular complexity index is 970. The summed E-state index contributed by atoms with van der Waals surface area (Å²) in [4.78, 5) is 16.2. The number of nitrogens with zero attached hydrogens (tertiary/aromatic N) is 5. The van der Waals surface area contributed by atoms with Gasteiger partial charge in [0.25, 0.3) is 11.6 Å². The van der Waals surface area contributed by atoms with Crippen LogP contribution >= 0.6 is 22.9 Å². The number of halogens is 1. The van der Waals surface area contributed by atoms with Crippen molar-refractivity contribution in [2.45, 2.75) is 13.0 Å². The van der Waals surface area contributed by atoms with Crippen LogP contribution in [0.1, 0.15) is 18.9 Å². The van der Waals surface area contributed by atoms with Gasteiger partial charge in [-0.25, -0.2) is 0 Å². The zero-order valence-electron chi connectivity index (χ0n) is 15.1. The van der Waals surface area contributed by atoms with Crippen LogP contribution in [0.5, 0.6) is 0 Å². The lowest BCUT2D eigenvalue weighted by Gasteiger charge is -2.37. The number of thiophene rings is 1. The van der Waals surface area contributed by atoms with E-state index in [1.165, 1.54) is 6.07 Å². The van der Waals surface area contributed by atoms with Gasteiger partial charge in [0.1, 0.15) is 5.69 Å². The van der Waals surface area contributed by atoms with Gasteiger partial charge >= 0.3 is 0 Å². The molecule has 1 aliphatic heterocycles. The van der Waals surface area contributed by atoms with Crippen molar-refractivity contribution in [3.63, 3.8) is 0 Å². The van der Waals surface area contributed by atoms with E-state index in [1.54, 1.807) is 23.5 Å². The van der Waals surface area contributed by atoms with E-state index in [9.17, 15) is 10.1 Å². The molecule has 0 aliphatic carbocycles. The zero-order chi connectivity index (χ0) is 19.7. The summed E-state index contributed by atoms with van der Waals surface area (Å²) in [5, 5.41) is 22.0. The number of benzene rings is 1. The standard InChI is InChI=1S/C18H18ClN5O3S/c1-12(17-20-21-18(27-17)16-3-2-10-28-16)22-6-8-23(9-7-22)14-5-4-13(19)11-15(14)24(25)26/h2-5,10-12H,6-9H2,1H3/t12-/m0/s1. The highest BCUT2D eigenvalue weighted by Crippen LogP contribution is 2.33. The van der Waals surface area contributed by atoms with Crippen molar-refractivity contribution in [3.8, 4) is 10.8 Å². The lowest BCUT2D eigenvalue weighted by atomic mass is 10.2. The van der Waals surface area contributed by atoms with Crippen LogP contribution in [0.4, 0.5) is 11.4 Å². The smallest absolute Gasteiger partial charge is 0.294 e. The first-order valence-electron chi connectivity index (χ1n) is 8.83. The third kappa shape index (κ3) is 3.73. The molecule has 0 saturated carbocycles. The minimum atomic E-state index is -0.388. The zero-order valence-corrected chi connectivity index (χ0v) is 16.7. The molecule has 3 aromatic rings. The second-order valence-corrected chi connectivity index (χ2v) is 7.90. The Morgan fingerprint density at radius 1 is 1.25 bits per heavy atom. The van der Waals surface area contributed by atoms with Crippen LogP contribution in [-0.4, -0.2) is 46.2 Å². The second kappa shape index (κ2) is 7.86. The maximum Gasteiger partial charge on any atom is 0.294 e. The van der Waals surface area contributed by atoms with E-state index >= 15 is 0 Å². The van der Waals surface area contributed by atoms with Crippen molar-refractivity contribution in [1.82, 2.24) is 15.1 Å². The van der Waals surface area contributed by atoms with E-state index in [1.807, 2.05) is 29.3 Å². The van der Waals surface area contributed by atoms with Crippen LogP contribution in [-0.2, 0) is 0 Å². The normalized spacial score (nSPS) is 16.3. The number of nitro benzene ring substituents is 1. The summed E-state index contributed by atoms with van der Waals surface area (Å²) < 4.78 is 5.85. The predicted molar refractivity (Wildman–Crippen MR) is 108 cm³/mol. The highest BCUT2D eigenvalue weighted by molar-refractivity contribution is 7.13. The Morgan fingerprint density at radius 3 is 2.71 bits per heavy atom. The van der Waals surface area contributed by atoms with E-state index < -0.39 is 0 Å². The van der Waals surface area contributed by atoms with E-state index in [0.29, 0.717) is 35.6 Å². The van der Waals surface area contributed by atoms with Crippen LogP contribution < -0.4 is 4.90 Å². The van der Waals surface area contributed by atoms with Gasteiger partial charge in [0.2, 0.25) is 5.89 Å². The molecule has 4 rings (SSSR count). The number of anilines is 1. The number of hydrogen-bond donors (Lipinski definition) is 0. The van der Waals surface area contributed by atoms with Gasteiger partial charge in [0.05, 0.1) is 15.8 Å². The van der Waals surface area contributed by atoms with Crippen molar-refractivity contribution in [3.05, 3.63) is 56.7 Å². The fraction of sp³-hybridized carbons (Fsp3) is 0.333. The molecular weight excluding hydrogens is 402 g/mol. The van der Waals surface area contributed by atoms with Crippen LogP contribution in [0.2, 0.25) is 5.02 Å². The number of nitro groups is 1. The number of piperazine rings is 1. The molecule has 0 radical (unpaired) electrons. The molecule has 146 valence electrons. The SMILES string of the molecule is C[C@@H](c1nnc(-c2cccs2)o1)N1CCN(c2ccc(Cl)cc2[N+](=O)[O-])CC1. The molecule has 8 nitrogen and oxygen atoms in total. The van der Waals surface area contributed by atoms with Crippen molar-refractivity contribution >= 4 is 34.3 Å². The monoisotopic (exact) mass is 419 g/mol. The fourth-order valence-corrected chi connectivity index (χ4v) is 4.13. The van der Waals surface area contributed by atoms with E-state index in [2.05, 4.69) is 15.1 Å². The molecule has 1 aromatic carbocycles. The van der Waals surface area contributed by atoms with E-state index in [0.717, 1.165) is 18.0 Å². The average Bonchev–Trinajstić information content (AvgIpc) is 3.39. The van der Waals surface area contributed by atoms with Crippen molar-refractivity contribution < 1.29 is 9.34 Å². The molecular formula is C18H18ClN5O3S. The molecule has 1 aliphatic rings. The molecule has 1 atom stereocenters. The molecule has 1 saturated heterocycles. The van der Waals surface area contributed by atoms with Gasteiger partial charge in [-0.05, 0) is 30.5 Å². The predicted octanol–water partition coefficient (Wildman–Crippen LogP) is 4.24. The molecule has 0 N–H and O–H groups in total. The summed E-state index contributed by atoms with van der Waals surface area (Å²) in [6.07, 6.45) is 0. The Morgan fingerprint density at radius 2 is 2.04 bits per heavy atom. The van der Waals surface area contributed by atoms with Gasteiger partial charge in [-0.2, -0.15) is 0 Å². The molecule has 0 bridgehead atoms. The molecule has 3 heterocycles. The maximum absolute atomic E-state index is 11.4. The van der Waals surface area contributed by atoms with Gasteiger partial charge in [0, 0.05) is 37.3 Å². The summed E-state index contributed by atoms with van der Waals surface area (Å²) in [5.74, 6) is 1.11. The van der Waals surface area contributed by atoms with Crippen LogP contribution in [0.15, 0.2) is 40.1 Å². The van der Waals surface area contributed by atoms with Gasteiger partial charge in [0.15, 0.2) is 0 Å². The highest BCUT2D eigenvalue weighted by Gasteiger charge is 2.28. The lowest BCUT2D eigenvalue weighted by Crippen LogP contribution is -2.47. The minimum Gasteiger partial charge on any atom is -0.418 e. The minimum absolute atomic E-state index is 0.0245. The molecule has 2 aromatic heterocycles. The van der Waals surface area contributed by atoms with Crippen LogP contribution in [0.3, 0.4) is 0 Å². The summed E-state index contributed by atoms with van der Waals surface area (Å²) in [6, 6.07) is 8.67. The Hall–Kier alpha value is -2.49. The maximum atomic E-state index is 11.4. The van der Waals surface area contributed by atoms with Crippen molar-refractivity contribution in [2.24, 2.45) is 0 Å².